The van der Waals surface area contributed by atoms with Gasteiger partial charge >= 0.3 is 0 Å². The van der Waals surface area contributed by atoms with Crippen LogP contribution in [0.25, 0.3) is 27.2 Å². The highest BCUT2D eigenvalue weighted by Gasteiger charge is 2.23. The standard InChI is InChI=1S/C26H21FN4O3S/c1-16-13-18(15-33-2)22-23(31-11-3-4-12-31)24(35-26(22)29-16)25(32)30-28-14-20-9-10-21(34-20)17-5-7-19(27)8-6-17/h3-14H,15H2,1-2H3,(H,30,32)/b28-14+. The van der Waals surface area contributed by atoms with Crippen LogP contribution in [-0.2, 0) is 11.3 Å². The lowest BCUT2D eigenvalue weighted by molar-refractivity contribution is 0.0959. The summed E-state index contributed by atoms with van der Waals surface area (Å²) in [6, 6.07) is 15.3. The number of methoxy groups -OCH3 is 1. The number of nitrogens with one attached hydrogen (secondary N) is 1. The lowest BCUT2D eigenvalue weighted by Crippen LogP contribution is -2.18. The molecular weight excluding hydrogens is 467 g/mol. The molecule has 9 heteroatoms. The molecule has 7 nitrogen and oxygen atoms in total. The molecule has 0 unspecified atom stereocenters. The summed E-state index contributed by atoms with van der Waals surface area (Å²) < 4.78 is 26.2. The normalized spacial score (nSPS) is 11.5. The van der Waals surface area contributed by atoms with Gasteiger partial charge in [-0.05, 0) is 67.1 Å². The highest BCUT2D eigenvalue weighted by atomic mass is 32.1. The van der Waals surface area contributed by atoms with Crippen LogP contribution < -0.4 is 5.43 Å². The zero-order valence-electron chi connectivity index (χ0n) is 19.0. The summed E-state index contributed by atoms with van der Waals surface area (Å²) in [6.07, 6.45) is 5.20. The zero-order chi connectivity index (χ0) is 24.4. The molecule has 0 bridgehead atoms. The van der Waals surface area contributed by atoms with Crippen molar-refractivity contribution in [3.8, 4) is 17.0 Å². The van der Waals surface area contributed by atoms with Crippen LogP contribution in [0.3, 0.4) is 0 Å². The Labute approximate surface area is 204 Å². The molecule has 4 heterocycles. The molecule has 1 amide bonds. The molecule has 1 N–H and O–H groups in total. The topological polar surface area (TPSA) is 81.7 Å². The largest absolute Gasteiger partial charge is 0.455 e. The van der Waals surface area contributed by atoms with Crippen LogP contribution in [-0.4, -0.2) is 28.8 Å². The predicted molar refractivity (Wildman–Crippen MR) is 134 cm³/mol. The van der Waals surface area contributed by atoms with E-state index >= 15 is 0 Å². The van der Waals surface area contributed by atoms with Crippen molar-refractivity contribution in [2.45, 2.75) is 13.5 Å². The van der Waals surface area contributed by atoms with Crippen LogP contribution in [0.2, 0.25) is 0 Å². The zero-order valence-corrected chi connectivity index (χ0v) is 19.8. The molecule has 1 aromatic carbocycles. The average Bonchev–Trinajstić information content (AvgIpc) is 3.59. The fraction of sp³-hybridized carbons (Fsp3) is 0.115. The molecule has 0 aliphatic heterocycles. The van der Waals surface area contributed by atoms with Gasteiger partial charge in [0.15, 0.2) is 0 Å². The number of carbonyl (C=O) groups excluding carboxylic acids is 1. The van der Waals surface area contributed by atoms with E-state index in [0.717, 1.165) is 32.7 Å². The van der Waals surface area contributed by atoms with Crippen molar-refractivity contribution in [2.75, 3.05) is 7.11 Å². The number of aryl methyl sites for hydroxylation is 1. The number of amides is 1. The molecule has 5 aromatic rings. The minimum atomic E-state index is -0.362. The second kappa shape index (κ2) is 9.65. The Morgan fingerprint density at radius 1 is 1.23 bits per heavy atom. The highest BCUT2D eigenvalue weighted by Crippen LogP contribution is 2.36. The number of furan rings is 1. The first-order valence-electron chi connectivity index (χ1n) is 10.8. The van der Waals surface area contributed by atoms with E-state index in [9.17, 15) is 9.18 Å². The third kappa shape index (κ3) is 4.64. The van der Waals surface area contributed by atoms with E-state index in [4.69, 9.17) is 9.15 Å². The maximum absolute atomic E-state index is 13.2. The van der Waals surface area contributed by atoms with Crippen LogP contribution in [0.4, 0.5) is 4.39 Å². The third-order valence-corrected chi connectivity index (χ3v) is 6.40. The number of benzene rings is 1. The molecule has 176 valence electrons. The van der Waals surface area contributed by atoms with Gasteiger partial charge in [-0.1, -0.05) is 0 Å². The maximum Gasteiger partial charge on any atom is 0.283 e. The Balaban J connectivity index is 1.43. The number of pyridine rings is 1. The SMILES string of the molecule is COCc1cc(C)nc2sc(C(=O)N/N=C/c3ccc(-c4ccc(F)cc4)o3)c(-n3cccc3)c12. The Bertz CT molecular complexity index is 1520. The molecule has 35 heavy (non-hydrogen) atoms. The van der Waals surface area contributed by atoms with Gasteiger partial charge in [0.05, 0.1) is 18.5 Å². The van der Waals surface area contributed by atoms with Gasteiger partial charge in [0, 0.05) is 36.1 Å². The first-order valence-corrected chi connectivity index (χ1v) is 11.6. The quantitative estimate of drug-likeness (QED) is 0.235. The van der Waals surface area contributed by atoms with Gasteiger partial charge in [-0.3, -0.25) is 4.79 Å². The maximum atomic E-state index is 13.2. The van der Waals surface area contributed by atoms with Crippen molar-refractivity contribution in [3.63, 3.8) is 0 Å². The van der Waals surface area contributed by atoms with Gasteiger partial charge in [0.2, 0.25) is 0 Å². The number of ether oxygens (including phenoxy) is 1. The fourth-order valence-electron chi connectivity index (χ4n) is 3.85. The second-order valence-electron chi connectivity index (χ2n) is 7.81. The summed E-state index contributed by atoms with van der Waals surface area (Å²) in [7, 11) is 1.64. The number of hydrogen-bond donors (Lipinski definition) is 1. The third-order valence-electron chi connectivity index (χ3n) is 5.33. The summed E-state index contributed by atoms with van der Waals surface area (Å²) in [4.78, 5) is 19.1. The van der Waals surface area contributed by atoms with E-state index in [2.05, 4.69) is 15.5 Å². The summed E-state index contributed by atoms with van der Waals surface area (Å²) in [5, 5.41) is 4.96. The summed E-state index contributed by atoms with van der Waals surface area (Å²) in [5.41, 5.74) is 5.88. The number of hydrazone groups is 1. The Hall–Kier alpha value is -4.08. The van der Waals surface area contributed by atoms with Crippen LogP contribution in [0.5, 0.6) is 0 Å². The van der Waals surface area contributed by atoms with E-state index in [1.54, 1.807) is 31.4 Å². The Kier molecular flexibility index (Phi) is 6.26. The molecule has 0 fully saturated rings. The van der Waals surface area contributed by atoms with E-state index in [-0.39, 0.29) is 11.7 Å². The summed E-state index contributed by atoms with van der Waals surface area (Å²) in [6.45, 7) is 2.32. The minimum absolute atomic E-state index is 0.315. The lowest BCUT2D eigenvalue weighted by atomic mass is 10.1. The molecule has 0 aliphatic rings. The van der Waals surface area contributed by atoms with E-state index in [1.165, 1.54) is 29.7 Å². The van der Waals surface area contributed by atoms with Gasteiger partial charge < -0.3 is 13.7 Å². The van der Waals surface area contributed by atoms with Crippen LogP contribution in [0.1, 0.15) is 26.7 Å². The first kappa shape index (κ1) is 22.7. The van der Waals surface area contributed by atoms with Gasteiger partial charge in [0.1, 0.15) is 27.0 Å². The molecule has 0 radical (unpaired) electrons. The molecule has 0 aliphatic carbocycles. The number of thiophene rings is 1. The van der Waals surface area contributed by atoms with Crippen molar-refractivity contribution in [3.05, 3.63) is 94.7 Å². The molecular formula is C26H21FN4O3S. The molecule has 0 saturated heterocycles. The lowest BCUT2D eigenvalue weighted by Gasteiger charge is -2.09. The van der Waals surface area contributed by atoms with Crippen molar-refractivity contribution in [1.29, 1.82) is 0 Å². The molecule has 4 aromatic heterocycles. The average molecular weight is 489 g/mol. The van der Waals surface area contributed by atoms with Gasteiger partial charge in [-0.2, -0.15) is 5.10 Å². The van der Waals surface area contributed by atoms with Crippen LogP contribution in [0.15, 0.2) is 76.5 Å². The predicted octanol–water partition coefficient (Wildman–Crippen LogP) is 5.70. The van der Waals surface area contributed by atoms with Crippen molar-refractivity contribution in [2.24, 2.45) is 5.10 Å². The number of aromatic nitrogens is 2. The number of carbonyl (C=O) groups is 1. The summed E-state index contributed by atoms with van der Waals surface area (Å²) in [5.74, 6) is 0.347. The Morgan fingerprint density at radius 2 is 2.00 bits per heavy atom. The van der Waals surface area contributed by atoms with E-state index < -0.39 is 0 Å². The van der Waals surface area contributed by atoms with E-state index in [1.807, 2.05) is 42.1 Å². The second-order valence-corrected chi connectivity index (χ2v) is 8.81. The number of rotatable bonds is 7. The Morgan fingerprint density at radius 3 is 2.74 bits per heavy atom. The number of hydrogen-bond acceptors (Lipinski definition) is 6. The molecule has 0 atom stereocenters. The first-order chi connectivity index (χ1) is 17.0. The van der Waals surface area contributed by atoms with Crippen molar-refractivity contribution >= 4 is 33.7 Å². The highest BCUT2D eigenvalue weighted by molar-refractivity contribution is 7.21. The van der Waals surface area contributed by atoms with Crippen LogP contribution >= 0.6 is 11.3 Å². The van der Waals surface area contributed by atoms with Crippen molar-refractivity contribution < 1.29 is 18.3 Å². The van der Waals surface area contributed by atoms with Gasteiger partial charge in [-0.25, -0.2) is 14.8 Å². The van der Waals surface area contributed by atoms with Gasteiger partial charge in [-0.15, -0.1) is 11.3 Å². The number of fused-ring (bicyclic) bond motifs is 1. The summed E-state index contributed by atoms with van der Waals surface area (Å²) >= 11 is 1.31. The smallest absolute Gasteiger partial charge is 0.283 e. The number of halogens is 1. The molecule has 0 saturated carbocycles. The number of nitrogens with zero attached hydrogens (tertiary/aromatic N) is 3. The van der Waals surface area contributed by atoms with Gasteiger partial charge in [0.25, 0.3) is 5.91 Å². The fourth-order valence-corrected chi connectivity index (χ4v) is 5.00. The van der Waals surface area contributed by atoms with Crippen molar-refractivity contribution in [1.82, 2.24) is 15.0 Å². The van der Waals surface area contributed by atoms with Crippen LogP contribution in [0, 0.1) is 12.7 Å². The monoisotopic (exact) mass is 488 g/mol. The molecule has 0 spiro atoms. The molecule has 5 rings (SSSR count). The minimum Gasteiger partial charge on any atom is -0.455 e. The van der Waals surface area contributed by atoms with E-state index in [0.29, 0.717) is 23.0 Å².